The first-order valence-corrected chi connectivity index (χ1v) is 9.24. The Labute approximate surface area is 160 Å². The largest absolute Gasteiger partial charge is 0.496 e. The molecule has 134 valence electrons. The molecule has 0 fully saturated rings. The summed E-state index contributed by atoms with van der Waals surface area (Å²) in [5, 5.41) is 0. The van der Waals surface area contributed by atoms with Gasteiger partial charge in [-0.05, 0) is 59.9 Å². The zero-order valence-electron chi connectivity index (χ0n) is 15.4. The number of allylic oxidation sites excluding steroid dienone is 1. The summed E-state index contributed by atoms with van der Waals surface area (Å²) in [6.07, 6.45) is 8.04. The second-order valence-electron chi connectivity index (χ2n) is 6.57. The van der Waals surface area contributed by atoms with Gasteiger partial charge < -0.3 is 4.74 Å². The van der Waals surface area contributed by atoms with Crippen LogP contribution in [0.3, 0.4) is 0 Å². The van der Waals surface area contributed by atoms with E-state index in [0.29, 0.717) is 0 Å². The highest BCUT2D eigenvalue weighted by molar-refractivity contribution is 6.15. The molecule has 27 heavy (non-hydrogen) atoms. The van der Waals surface area contributed by atoms with Crippen LogP contribution in [0.1, 0.15) is 24.0 Å². The topological polar surface area (TPSA) is 34.5 Å². The number of rotatable bonds is 4. The molecule has 3 nitrogen and oxygen atoms in total. The van der Waals surface area contributed by atoms with E-state index in [2.05, 4.69) is 41.4 Å². The standard InChI is InChI=1S/C24H22N2O/c1-27-23-12-11-18(16-22(23)19-7-3-2-4-8-19)15-20-9-6-14-26-24(20)21-10-5-13-25-17-21/h2-5,7-8,10-13,15-17H,6,9,14H2,1H3. The lowest BCUT2D eigenvalue weighted by molar-refractivity contribution is 0.416. The molecule has 1 aromatic heterocycles. The second-order valence-corrected chi connectivity index (χ2v) is 6.57. The van der Waals surface area contributed by atoms with Crippen molar-refractivity contribution in [1.29, 1.82) is 0 Å². The zero-order valence-corrected chi connectivity index (χ0v) is 15.4. The maximum absolute atomic E-state index is 5.58. The summed E-state index contributed by atoms with van der Waals surface area (Å²) in [6.45, 7) is 0.874. The number of ether oxygens (including phenoxy) is 1. The lowest BCUT2D eigenvalue weighted by Crippen LogP contribution is -2.11. The van der Waals surface area contributed by atoms with Gasteiger partial charge in [-0.15, -0.1) is 0 Å². The third-order valence-corrected chi connectivity index (χ3v) is 4.76. The third-order valence-electron chi connectivity index (χ3n) is 4.76. The number of aliphatic imine (C=N–C) groups is 1. The molecule has 0 amide bonds. The van der Waals surface area contributed by atoms with Crippen LogP contribution in [-0.2, 0) is 0 Å². The van der Waals surface area contributed by atoms with E-state index < -0.39 is 0 Å². The van der Waals surface area contributed by atoms with Crippen LogP contribution in [0.2, 0.25) is 0 Å². The molecule has 0 spiro atoms. The maximum Gasteiger partial charge on any atom is 0.126 e. The van der Waals surface area contributed by atoms with Crippen LogP contribution in [0.25, 0.3) is 17.2 Å². The van der Waals surface area contributed by atoms with Crippen molar-refractivity contribution >= 4 is 11.8 Å². The van der Waals surface area contributed by atoms with Gasteiger partial charge >= 0.3 is 0 Å². The van der Waals surface area contributed by atoms with Crippen molar-refractivity contribution in [1.82, 2.24) is 4.98 Å². The highest BCUT2D eigenvalue weighted by Gasteiger charge is 2.15. The Morgan fingerprint density at radius 3 is 2.59 bits per heavy atom. The van der Waals surface area contributed by atoms with Gasteiger partial charge in [-0.3, -0.25) is 9.98 Å². The monoisotopic (exact) mass is 354 g/mol. The van der Waals surface area contributed by atoms with Crippen LogP contribution in [0.5, 0.6) is 5.75 Å². The normalized spacial score (nSPS) is 15.4. The molecule has 0 saturated heterocycles. The number of benzene rings is 2. The molecule has 0 saturated carbocycles. The van der Waals surface area contributed by atoms with E-state index >= 15 is 0 Å². The van der Waals surface area contributed by atoms with Gasteiger partial charge in [0.2, 0.25) is 0 Å². The van der Waals surface area contributed by atoms with Gasteiger partial charge in [-0.2, -0.15) is 0 Å². The summed E-state index contributed by atoms with van der Waals surface area (Å²) in [5.41, 5.74) is 6.82. The van der Waals surface area contributed by atoms with Crippen molar-refractivity contribution in [2.24, 2.45) is 4.99 Å². The van der Waals surface area contributed by atoms with Gasteiger partial charge in [0.05, 0.1) is 12.8 Å². The smallest absolute Gasteiger partial charge is 0.126 e. The minimum atomic E-state index is 0.874. The van der Waals surface area contributed by atoms with Gasteiger partial charge in [0.25, 0.3) is 0 Å². The number of methoxy groups -OCH3 is 1. The van der Waals surface area contributed by atoms with Gasteiger partial charge in [0.1, 0.15) is 5.75 Å². The molecule has 0 unspecified atom stereocenters. The highest BCUT2D eigenvalue weighted by atomic mass is 16.5. The molecule has 0 radical (unpaired) electrons. The maximum atomic E-state index is 5.58. The van der Waals surface area contributed by atoms with Crippen LogP contribution < -0.4 is 4.74 Å². The van der Waals surface area contributed by atoms with Gasteiger partial charge in [0, 0.05) is 30.1 Å². The molecule has 0 bridgehead atoms. The molecule has 0 N–H and O–H groups in total. The van der Waals surface area contributed by atoms with Crippen LogP contribution in [0.15, 0.2) is 83.6 Å². The fourth-order valence-electron chi connectivity index (χ4n) is 3.46. The molecule has 3 heteroatoms. The van der Waals surface area contributed by atoms with Crippen molar-refractivity contribution in [3.8, 4) is 16.9 Å². The van der Waals surface area contributed by atoms with Crippen LogP contribution in [-0.4, -0.2) is 24.4 Å². The summed E-state index contributed by atoms with van der Waals surface area (Å²) >= 11 is 0. The Kier molecular flexibility index (Phi) is 5.10. The number of hydrogen-bond acceptors (Lipinski definition) is 3. The van der Waals surface area contributed by atoms with E-state index in [1.54, 1.807) is 13.3 Å². The molecule has 4 rings (SSSR count). The number of pyridine rings is 1. The van der Waals surface area contributed by atoms with E-state index in [1.165, 1.54) is 5.57 Å². The fraction of sp³-hybridized carbons (Fsp3) is 0.167. The van der Waals surface area contributed by atoms with Gasteiger partial charge in [-0.25, -0.2) is 0 Å². The lowest BCUT2D eigenvalue weighted by atomic mass is 9.94. The van der Waals surface area contributed by atoms with E-state index in [9.17, 15) is 0 Å². The molecule has 3 aromatic rings. The van der Waals surface area contributed by atoms with Crippen LogP contribution in [0, 0.1) is 0 Å². The van der Waals surface area contributed by atoms with Crippen molar-refractivity contribution in [3.63, 3.8) is 0 Å². The molecule has 1 aliphatic rings. The Morgan fingerprint density at radius 1 is 0.963 bits per heavy atom. The Hall–Kier alpha value is -3.20. The van der Waals surface area contributed by atoms with Crippen LogP contribution >= 0.6 is 0 Å². The Balaban J connectivity index is 1.75. The molecular weight excluding hydrogens is 332 g/mol. The SMILES string of the molecule is COc1ccc(C=C2CCCN=C2c2cccnc2)cc1-c1ccccc1. The highest BCUT2D eigenvalue weighted by Crippen LogP contribution is 2.32. The van der Waals surface area contributed by atoms with Gasteiger partial charge in [-0.1, -0.05) is 36.4 Å². The van der Waals surface area contributed by atoms with Crippen LogP contribution in [0.4, 0.5) is 0 Å². The molecule has 2 heterocycles. The van der Waals surface area contributed by atoms with Gasteiger partial charge in [0.15, 0.2) is 0 Å². The first-order chi connectivity index (χ1) is 13.3. The summed E-state index contributed by atoms with van der Waals surface area (Å²) in [7, 11) is 1.72. The predicted molar refractivity (Wildman–Crippen MR) is 111 cm³/mol. The van der Waals surface area contributed by atoms with E-state index in [1.807, 2.05) is 36.5 Å². The first kappa shape index (κ1) is 17.2. The summed E-state index contributed by atoms with van der Waals surface area (Å²) in [6, 6.07) is 20.7. The van der Waals surface area contributed by atoms with Crippen molar-refractivity contribution in [2.75, 3.05) is 13.7 Å². The third kappa shape index (κ3) is 3.82. The minimum Gasteiger partial charge on any atom is -0.496 e. The first-order valence-electron chi connectivity index (χ1n) is 9.24. The molecular formula is C24H22N2O. The summed E-state index contributed by atoms with van der Waals surface area (Å²) < 4.78 is 5.58. The lowest BCUT2D eigenvalue weighted by Gasteiger charge is -2.17. The minimum absolute atomic E-state index is 0.874. The molecule has 2 aromatic carbocycles. The van der Waals surface area contributed by atoms with Crippen molar-refractivity contribution in [2.45, 2.75) is 12.8 Å². The van der Waals surface area contributed by atoms with E-state index in [0.717, 1.165) is 53.1 Å². The molecule has 0 atom stereocenters. The zero-order chi connectivity index (χ0) is 18.5. The van der Waals surface area contributed by atoms with Crippen molar-refractivity contribution in [3.05, 3.63) is 89.8 Å². The number of hydrogen-bond donors (Lipinski definition) is 0. The fourth-order valence-corrected chi connectivity index (χ4v) is 3.46. The molecule has 1 aliphatic heterocycles. The second kappa shape index (κ2) is 8.00. The van der Waals surface area contributed by atoms with E-state index in [4.69, 9.17) is 9.73 Å². The summed E-state index contributed by atoms with van der Waals surface area (Å²) in [5.74, 6) is 0.883. The quantitative estimate of drug-likeness (QED) is 0.626. The average molecular weight is 354 g/mol. The molecule has 0 aliphatic carbocycles. The Bertz CT molecular complexity index is 976. The summed E-state index contributed by atoms with van der Waals surface area (Å²) in [4.78, 5) is 9.03. The number of nitrogens with zero attached hydrogens (tertiary/aromatic N) is 2. The number of aromatic nitrogens is 1. The average Bonchev–Trinajstić information content (AvgIpc) is 2.75. The predicted octanol–water partition coefficient (Wildman–Crippen LogP) is 5.42. The van der Waals surface area contributed by atoms with E-state index in [-0.39, 0.29) is 0 Å². The Morgan fingerprint density at radius 2 is 1.81 bits per heavy atom. The van der Waals surface area contributed by atoms with Crippen molar-refractivity contribution < 1.29 is 4.74 Å².